The van der Waals surface area contributed by atoms with Crippen molar-refractivity contribution in [3.05, 3.63) is 29.3 Å². The molecule has 3 atom stereocenters. The molecule has 0 bridgehead atoms. The van der Waals surface area contributed by atoms with Crippen LogP contribution in [0, 0.1) is 5.92 Å². The Bertz CT molecular complexity index is 532. The third kappa shape index (κ3) is 2.66. The molecule has 20 heavy (non-hydrogen) atoms. The number of anilines is 1. The first kappa shape index (κ1) is 14.9. The minimum Gasteiger partial charge on any atom is -0.342 e. The molecule has 5 heteroatoms. The normalized spacial score (nSPS) is 24.5. The van der Waals surface area contributed by atoms with Crippen molar-refractivity contribution in [1.29, 1.82) is 0 Å². The van der Waals surface area contributed by atoms with Crippen LogP contribution in [0.2, 0.25) is 5.02 Å². The first-order valence-corrected chi connectivity index (χ1v) is 7.22. The third-order valence-corrected chi connectivity index (χ3v) is 4.10. The molecule has 1 aromatic rings. The van der Waals surface area contributed by atoms with Crippen LogP contribution in [0.1, 0.15) is 27.2 Å². The standard InChI is InChI=1S/C15H19ClN2O2/c1-4-9(2)13-15(20)18(10(3)14(19)17-13)12-7-5-6-11(16)8-12/h5-10,13H,4H2,1-3H3,(H,17,19). The molecule has 0 aliphatic carbocycles. The Labute approximate surface area is 124 Å². The first-order chi connectivity index (χ1) is 9.45. The van der Waals surface area contributed by atoms with Gasteiger partial charge in [-0.15, -0.1) is 0 Å². The van der Waals surface area contributed by atoms with Gasteiger partial charge >= 0.3 is 0 Å². The van der Waals surface area contributed by atoms with Crippen LogP contribution in [0.5, 0.6) is 0 Å². The van der Waals surface area contributed by atoms with Crippen LogP contribution >= 0.6 is 11.6 Å². The summed E-state index contributed by atoms with van der Waals surface area (Å²) in [6.45, 7) is 5.70. The molecular weight excluding hydrogens is 276 g/mol. The van der Waals surface area contributed by atoms with Crippen molar-refractivity contribution in [2.75, 3.05) is 4.90 Å². The summed E-state index contributed by atoms with van der Waals surface area (Å²) < 4.78 is 0. The molecule has 1 aliphatic rings. The van der Waals surface area contributed by atoms with Gasteiger partial charge < -0.3 is 5.32 Å². The van der Waals surface area contributed by atoms with Gasteiger partial charge in [0.25, 0.3) is 5.91 Å². The zero-order valence-electron chi connectivity index (χ0n) is 11.9. The molecule has 0 radical (unpaired) electrons. The van der Waals surface area contributed by atoms with Crippen molar-refractivity contribution in [3.63, 3.8) is 0 Å². The molecule has 1 aliphatic heterocycles. The summed E-state index contributed by atoms with van der Waals surface area (Å²) >= 11 is 5.98. The van der Waals surface area contributed by atoms with E-state index in [2.05, 4.69) is 5.32 Å². The van der Waals surface area contributed by atoms with E-state index in [1.165, 1.54) is 0 Å². The molecule has 2 amide bonds. The molecule has 1 N–H and O–H groups in total. The Hall–Kier alpha value is -1.55. The van der Waals surface area contributed by atoms with E-state index in [4.69, 9.17) is 11.6 Å². The number of piperazine rings is 1. The lowest BCUT2D eigenvalue weighted by Crippen LogP contribution is -2.64. The highest BCUT2D eigenvalue weighted by atomic mass is 35.5. The van der Waals surface area contributed by atoms with Crippen LogP contribution in [-0.2, 0) is 9.59 Å². The van der Waals surface area contributed by atoms with Crippen LogP contribution in [0.25, 0.3) is 0 Å². The quantitative estimate of drug-likeness (QED) is 0.931. The van der Waals surface area contributed by atoms with Crippen LogP contribution in [0.15, 0.2) is 24.3 Å². The summed E-state index contributed by atoms with van der Waals surface area (Å²) in [5.74, 6) is -0.107. The Morgan fingerprint density at radius 2 is 2.10 bits per heavy atom. The van der Waals surface area contributed by atoms with E-state index in [0.29, 0.717) is 10.7 Å². The molecule has 0 aromatic heterocycles. The Balaban J connectivity index is 2.38. The average molecular weight is 295 g/mol. The lowest BCUT2D eigenvalue weighted by molar-refractivity contribution is -0.134. The zero-order chi connectivity index (χ0) is 14.9. The second-order valence-electron chi connectivity index (χ2n) is 5.24. The maximum absolute atomic E-state index is 12.7. The summed E-state index contributed by atoms with van der Waals surface area (Å²) in [6.07, 6.45) is 0.828. The topological polar surface area (TPSA) is 49.4 Å². The lowest BCUT2D eigenvalue weighted by atomic mass is 9.94. The van der Waals surface area contributed by atoms with Crippen molar-refractivity contribution < 1.29 is 9.59 Å². The average Bonchev–Trinajstić information content (AvgIpc) is 2.42. The SMILES string of the molecule is CCC(C)C1NC(=O)C(C)N(c2cccc(Cl)c2)C1=O. The molecule has 0 saturated carbocycles. The van der Waals surface area contributed by atoms with Crippen LogP contribution in [-0.4, -0.2) is 23.9 Å². The number of benzene rings is 1. The number of rotatable bonds is 3. The maximum atomic E-state index is 12.7. The summed E-state index contributed by atoms with van der Waals surface area (Å²) in [4.78, 5) is 26.3. The maximum Gasteiger partial charge on any atom is 0.250 e. The molecule has 1 heterocycles. The van der Waals surface area contributed by atoms with Crippen molar-refractivity contribution in [2.24, 2.45) is 5.92 Å². The number of hydrogen-bond acceptors (Lipinski definition) is 2. The number of nitrogens with zero attached hydrogens (tertiary/aromatic N) is 1. The van der Waals surface area contributed by atoms with E-state index in [0.717, 1.165) is 6.42 Å². The van der Waals surface area contributed by atoms with Gasteiger partial charge in [0.1, 0.15) is 12.1 Å². The molecule has 4 nitrogen and oxygen atoms in total. The van der Waals surface area contributed by atoms with Gasteiger partial charge in [-0.1, -0.05) is 37.9 Å². The molecule has 0 spiro atoms. The van der Waals surface area contributed by atoms with Gasteiger partial charge in [0, 0.05) is 10.7 Å². The zero-order valence-corrected chi connectivity index (χ0v) is 12.6. The summed E-state index contributed by atoms with van der Waals surface area (Å²) in [6, 6.07) is 6.04. The number of amides is 2. The predicted molar refractivity (Wildman–Crippen MR) is 79.8 cm³/mol. The summed E-state index contributed by atoms with van der Waals surface area (Å²) in [7, 11) is 0. The van der Waals surface area contributed by atoms with Crippen molar-refractivity contribution in [2.45, 2.75) is 39.3 Å². The second kappa shape index (κ2) is 5.83. The first-order valence-electron chi connectivity index (χ1n) is 6.84. The number of carbonyl (C=O) groups is 2. The second-order valence-corrected chi connectivity index (χ2v) is 5.67. The number of hydrogen-bond donors (Lipinski definition) is 1. The minimum absolute atomic E-state index is 0.0753. The highest BCUT2D eigenvalue weighted by Crippen LogP contribution is 2.26. The molecule has 2 rings (SSSR count). The number of nitrogens with one attached hydrogen (secondary N) is 1. The Morgan fingerprint density at radius 3 is 2.70 bits per heavy atom. The molecule has 1 saturated heterocycles. The predicted octanol–water partition coefficient (Wildman–Crippen LogP) is 2.61. The summed E-state index contributed by atoms with van der Waals surface area (Å²) in [5, 5.41) is 3.37. The van der Waals surface area contributed by atoms with Gasteiger partial charge in [-0.3, -0.25) is 14.5 Å². The van der Waals surface area contributed by atoms with Gasteiger partial charge in [0.2, 0.25) is 5.91 Å². The van der Waals surface area contributed by atoms with E-state index >= 15 is 0 Å². The number of halogens is 1. The van der Waals surface area contributed by atoms with E-state index in [1.54, 1.807) is 36.1 Å². The van der Waals surface area contributed by atoms with Gasteiger partial charge in [0.15, 0.2) is 0 Å². The van der Waals surface area contributed by atoms with Gasteiger partial charge in [-0.05, 0) is 31.0 Å². The Morgan fingerprint density at radius 1 is 1.40 bits per heavy atom. The fourth-order valence-corrected chi connectivity index (χ4v) is 2.58. The lowest BCUT2D eigenvalue weighted by Gasteiger charge is -2.39. The highest BCUT2D eigenvalue weighted by molar-refractivity contribution is 6.31. The number of carbonyl (C=O) groups excluding carboxylic acids is 2. The Kier molecular flexibility index (Phi) is 4.33. The molecule has 3 unspecified atom stereocenters. The molecular formula is C15H19ClN2O2. The fraction of sp³-hybridized carbons (Fsp3) is 0.467. The third-order valence-electron chi connectivity index (χ3n) is 3.87. The molecule has 108 valence electrons. The van der Waals surface area contributed by atoms with E-state index in [1.807, 2.05) is 13.8 Å². The van der Waals surface area contributed by atoms with Gasteiger partial charge in [-0.2, -0.15) is 0 Å². The van der Waals surface area contributed by atoms with Crippen LogP contribution in [0.4, 0.5) is 5.69 Å². The van der Waals surface area contributed by atoms with E-state index < -0.39 is 12.1 Å². The monoisotopic (exact) mass is 294 g/mol. The van der Waals surface area contributed by atoms with Crippen molar-refractivity contribution in [3.8, 4) is 0 Å². The summed E-state index contributed by atoms with van der Waals surface area (Å²) in [5.41, 5.74) is 0.665. The highest BCUT2D eigenvalue weighted by Gasteiger charge is 2.40. The van der Waals surface area contributed by atoms with Crippen LogP contribution < -0.4 is 10.2 Å². The molecule has 1 aromatic carbocycles. The van der Waals surface area contributed by atoms with E-state index in [-0.39, 0.29) is 17.7 Å². The smallest absolute Gasteiger partial charge is 0.250 e. The van der Waals surface area contributed by atoms with E-state index in [9.17, 15) is 9.59 Å². The van der Waals surface area contributed by atoms with Crippen LogP contribution in [0.3, 0.4) is 0 Å². The minimum atomic E-state index is -0.527. The van der Waals surface area contributed by atoms with Gasteiger partial charge in [-0.25, -0.2) is 0 Å². The molecule has 1 fully saturated rings. The fourth-order valence-electron chi connectivity index (χ4n) is 2.39. The van der Waals surface area contributed by atoms with Gasteiger partial charge in [0.05, 0.1) is 0 Å². The van der Waals surface area contributed by atoms with Crippen molar-refractivity contribution in [1.82, 2.24) is 5.32 Å². The van der Waals surface area contributed by atoms with Crippen molar-refractivity contribution >= 4 is 29.1 Å². The largest absolute Gasteiger partial charge is 0.342 e.